The van der Waals surface area contributed by atoms with Crippen LogP contribution >= 0.6 is 0 Å². The SMILES string of the molecule is NNC(=O)[C@H]1C[C@@H](C(=O)NN)N(N=O)CN1N=O. The van der Waals surface area contributed by atoms with Crippen LogP contribution in [0.3, 0.4) is 0 Å². The van der Waals surface area contributed by atoms with E-state index < -0.39 is 30.6 Å². The lowest BCUT2D eigenvalue weighted by Crippen LogP contribution is -2.61. The van der Waals surface area contributed by atoms with Crippen LogP contribution in [0.25, 0.3) is 0 Å². The zero-order valence-corrected chi connectivity index (χ0v) is 9.15. The van der Waals surface area contributed by atoms with Crippen LogP contribution in [-0.2, 0) is 9.59 Å². The predicted octanol–water partition coefficient (Wildman–Crippen LogP) is -2.97. The molecule has 2 amide bonds. The molecule has 0 unspecified atom stereocenters. The van der Waals surface area contributed by atoms with Gasteiger partial charge in [0.05, 0.1) is 10.6 Å². The van der Waals surface area contributed by atoms with Gasteiger partial charge in [-0.3, -0.25) is 20.4 Å². The van der Waals surface area contributed by atoms with Crippen LogP contribution in [0.5, 0.6) is 0 Å². The average Bonchev–Trinajstić information content (AvgIpc) is 2.43. The number of carbonyl (C=O) groups is 2. The fraction of sp³-hybridized carbons (Fsp3) is 0.667. The highest BCUT2D eigenvalue weighted by Crippen LogP contribution is 2.20. The topological polar surface area (TPSA) is 176 Å². The summed E-state index contributed by atoms with van der Waals surface area (Å²) in [7, 11) is 0. The standard InChI is InChI=1S/C6H12N8O4/c7-9-5(15)3-1-4(6(16)10-8)14(12-18)2-13(3)11-17/h3-4H,1-2,7-8H2,(H,9,15)(H,10,16)/t3-,4+. The van der Waals surface area contributed by atoms with Crippen molar-refractivity contribution in [1.29, 1.82) is 0 Å². The lowest BCUT2D eigenvalue weighted by Gasteiger charge is -2.38. The molecule has 6 N–H and O–H groups in total. The predicted molar refractivity (Wildman–Crippen MR) is 57.0 cm³/mol. The van der Waals surface area contributed by atoms with Crippen LogP contribution in [0.2, 0.25) is 0 Å². The molecule has 0 saturated carbocycles. The lowest BCUT2D eigenvalue weighted by atomic mass is 10.0. The summed E-state index contributed by atoms with van der Waals surface area (Å²) in [6.45, 7) is -0.414. The minimum atomic E-state index is -1.08. The van der Waals surface area contributed by atoms with Gasteiger partial charge >= 0.3 is 0 Å². The van der Waals surface area contributed by atoms with E-state index in [1.54, 1.807) is 0 Å². The van der Waals surface area contributed by atoms with Gasteiger partial charge in [0.15, 0.2) is 0 Å². The Morgan fingerprint density at radius 2 is 1.39 bits per heavy atom. The molecule has 1 heterocycles. The average molecular weight is 260 g/mol. The minimum absolute atomic E-state index is 0.205. The van der Waals surface area contributed by atoms with Crippen molar-refractivity contribution in [2.75, 3.05) is 6.67 Å². The molecule has 0 radical (unpaired) electrons. The van der Waals surface area contributed by atoms with Crippen LogP contribution < -0.4 is 22.5 Å². The Hall–Kier alpha value is -2.34. The van der Waals surface area contributed by atoms with Crippen molar-refractivity contribution in [3.8, 4) is 0 Å². The Balaban J connectivity index is 2.94. The maximum absolute atomic E-state index is 11.4. The van der Waals surface area contributed by atoms with Crippen molar-refractivity contribution < 1.29 is 9.59 Å². The van der Waals surface area contributed by atoms with E-state index in [1.807, 2.05) is 10.9 Å². The number of nitrogens with one attached hydrogen (secondary N) is 2. The summed E-state index contributed by atoms with van der Waals surface area (Å²) in [6, 6.07) is -2.15. The van der Waals surface area contributed by atoms with E-state index in [2.05, 4.69) is 10.6 Å². The maximum Gasteiger partial charge on any atom is 0.258 e. The number of hydrogen-bond acceptors (Lipinski definition) is 8. The minimum Gasteiger partial charge on any atom is -0.292 e. The van der Waals surface area contributed by atoms with Crippen molar-refractivity contribution in [1.82, 2.24) is 20.9 Å². The fourth-order valence-electron chi connectivity index (χ4n) is 1.64. The molecule has 0 spiro atoms. The Morgan fingerprint density at radius 1 is 1.00 bits per heavy atom. The monoisotopic (exact) mass is 260 g/mol. The molecular formula is C6H12N8O4. The smallest absolute Gasteiger partial charge is 0.258 e. The normalized spacial score (nSPS) is 23.2. The van der Waals surface area contributed by atoms with E-state index >= 15 is 0 Å². The Labute approximate surface area is 100 Å². The zero-order valence-electron chi connectivity index (χ0n) is 9.15. The molecule has 100 valence electrons. The Bertz CT molecular complexity index is 329. The van der Waals surface area contributed by atoms with Crippen molar-refractivity contribution in [3.63, 3.8) is 0 Å². The van der Waals surface area contributed by atoms with Gasteiger partial charge in [-0.05, 0) is 0 Å². The largest absolute Gasteiger partial charge is 0.292 e. The van der Waals surface area contributed by atoms with Gasteiger partial charge < -0.3 is 0 Å². The van der Waals surface area contributed by atoms with E-state index in [0.717, 1.165) is 10.0 Å². The molecule has 1 fully saturated rings. The van der Waals surface area contributed by atoms with E-state index in [4.69, 9.17) is 11.7 Å². The van der Waals surface area contributed by atoms with Crippen molar-refractivity contribution in [3.05, 3.63) is 9.81 Å². The zero-order chi connectivity index (χ0) is 13.7. The molecule has 0 aromatic rings. The van der Waals surface area contributed by atoms with E-state index in [9.17, 15) is 19.4 Å². The number of nitroso groups, excluding NO2 is 2. The molecule has 12 nitrogen and oxygen atoms in total. The fourth-order valence-corrected chi connectivity index (χ4v) is 1.64. The first-order chi connectivity index (χ1) is 8.58. The summed E-state index contributed by atoms with van der Waals surface area (Å²) in [6.07, 6.45) is -0.205. The molecule has 0 aliphatic carbocycles. The number of amides is 2. The van der Waals surface area contributed by atoms with E-state index in [0.29, 0.717) is 0 Å². The van der Waals surface area contributed by atoms with Crippen LogP contribution in [-0.4, -0.2) is 40.6 Å². The number of carbonyl (C=O) groups excluding carboxylic acids is 2. The van der Waals surface area contributed by atoms with Gasteiger partial charge in [0.2, 0.25) is 0 Å². The van der Waals surface area contributed by atoms with Crippen molar-refractivity contribution in [2.24, 2.45) is 22.3 Å². The van der Waals surface area contributed by atoms with Gasteiger partial charge in [-0.25, -0.2) is 21.7 Å². The number of nitrogens with zero attached hydrogens (tertiary/aromatic N) is 4. The third kappa shape index (κ3) is 2.49. The second kappa shape index (κ2) is 5.83. The molecule has 0 aromatic carbocycles. The molecule has 12 heteroatoms. The second-order valence-corrected chi connectivity index (χ2v) is 3.47. The number of nitrogens with two attached hydrogens (primary N) is 2. The molecule has 0 bridgehead atoms. The molecule has 1 saturated heterocycles. The van der Waals surface area contributed by atoms with Gasteiger partial charge in [0.25, 0.3) is 11.8 Å². The highest BCUT2D eigenvalue weighted by atomic mass is 16.3. The highest BCUT2D eigenvalue weighted by Gasteiger charge is 2.41. The van der Waals surface area contributed by atoms with Crippen LogP contribution in [0.4, 0.5) is 0 Å². The first-order valence-electron chi connectivity index (χ1n) is 4.79. The molecular weight excluding hydrogens is 248 g/mol. The number of hydrazine groups is 2. The lowest BCUT2D eigenvalue weighted by molar-refractivity contribution is -0.138. The summed E-state index contributed by atoms with van der Waals surface area (Å²) in [5, 5.41) is 6.67. The summed E-state index contributed by atoms with van der Waals surface area (Å²) in [4.78, 5) is 44.0. The van der Waals surface area contributed by atoms with Gasteiger partial charge in [-0.1, -0.05) is 0 Å². The Morgan fingerprint density at radius 3 is 1.67 bits per heavy atom. The van der Waals surface area contributed by atoms with Gasteiger partial charge in [0, 0.05) is 6.42 Å². The van der Waals surface area contributed by atoms with Crippen LogP contribution in [0, 0.1) is 9.81 Å². The molecule has 2 atom stereocenters. The van der Waals surface area contributed by atoms with Gasteiger partial charge in [0.1, 0.15) is 18.8 Å². The molecule has 0 aromatic heterocycles. The molecule has 18 heavy (non-hydrogen) atoms. The summed E-state index contributed by atoms with van der Waals surface area (Å²) in [5.74, 6) is 8.47. The quantitative estimate of drug-likeness (QED) is 0.179. The third-order valence-corrected chi connectivity index (χ3v) is 2.56. The molecule has 1 rings (SSSR count). The molecule has 1 aliphatic rings. The first-order valence-corrected chi connectivity index (χ1v) is 4.79. The first kappa shape index (κ1) is 13.7. The van der Waals surface area contributed by atoms with Gasteiger partial charge in [-0.2, -0.15) is 0 Å². The maximum atomic E-state index is 11.4. The number of hydrogen-bond donors (Lipinski definition) is 4. The van der Waals surface area contributed by atoms with Crippen LogP contribution in [0.15, 0.2) is 10.6 Å². The van der Waals surface area contributed by atoms with E-state index in [1.165, 1.54) is 0 Å². The summed E-state index contributed by atoms with van der Waals surface area (Å²) >= 11 is 0. The van der Waals surface area contributed by atoms with Crippen molar-refractivity contribution in [2.45, 2.75) is 18.5 Å². The van der Waals surface area contributed by atoms with Crippen LogP contribution in [0.1, 0.15) is 6.42 Å². The number of rotatable bonds is 4. The second-order valence-electron chi connectivity index (χ2n) is 3.47. The Kier molecular flexibility index (Phi) is 4.45. The highest BCUT2D eigenvalue weighted by molar-refractivity contribution is 5.85. The molecule has 1 aliphatic heterocycles. The van der Waals surface area contributed by atoms with E-state index in [-0.39, 0.29) is 6.42 Å². The summed E-state index contributed by atoms with van der Waals surface area (Å²) < 4.78 is 0. The third-order valence-electron chi connectivity index (χ3n) is 2.56. The summed E-state index contributed by atoms with van der Waals surface area (Å²) in [5.41, 5.74) is 3.68. The van der Waals surface area contributed by atoms with Crippen molar-refractivity contribution >= 4 is 11.8 Å². The van der Waals surface area contributed by atoms with Gasteiger partial charge in [-0.15, -0.1) is 9.81 Å².